The summed E-state index contributed by atoms with van der Waals surface area (Å²) in [6, 6.07) is 6.75. The van der Waals surface area contributed by atoms with Crippen LogP contribution in [0.3, 0.4) is 0 Å². The van der Waals surface area contributed by atoms with Crippen LogP contribution in [0, 0.1) is 10.1 Å². The van der Waals surface area contributed by atoms with Crippen LogP contribution in [0.15, 0.2) is 24.3 Å². The van der Waals surface area contributed by atoms with E-state index in [1.807, 2.05) is 23.9 Å². The van der Waals surface area contributed by atoms with E-state index in [-0.39, 0.29) is 10.6 Å². The molecule has 0 fully saturated rings. The molecule has 0 heterocycles. The van der Waals surface area contributed by atoms with Crippen molar-refractivity contribution in [2.24, 2.45) is 0 Å². The Balaban J connectivity index is 2.39. The third kappa shape index (κ3) is 4.66. The molecule has 82 valence electrons. The van der Waals surface area contributed by atoms with Crippen molar-refractivity contribution in [3.8, 4) is 0 Å². The average Bonchev–Trinajstić information content (AvgIpc) is 2.25. The molecule has 0 radical (unpaired) electrons. The summed E-state index contributed by atoms with van der Waals surface area (Å²) in [6.07, 6.45) is 1.15. The number of nitro benzene ring substituents is 1. The summed E-state index contributed by atoms with van der Waals surface area (Å²) in [5, 5.41) is 11.4. The zero-order valence-electron chi connectivity index (χ0n) is 8.19. The fourth-order valence-electron chi connectivity index (χ4n) is 1.06. The van der Waals surface area contributed by atoms with Gasteiger partial charge in [0.25, 0.3) is 5.69 Å². The third-order valence-electron chi connectivity index (χ3n) is 1.84. The maximum atomic E-state index is 10.4. The van der Waals surface area contributed by atoms with E-state index in [2.05, 4.69) is 15.9 Å². The number of benzene rings is 1. The van der Waals surface area contributed by atoms with Crippen molar-refractivity contribution in [2.45, 2.75) is 12.2 Å². The summed E-state index contributed by atoms with van der Waals surface area (Å²) in [6.45, 7) is 0. The number of nitro groups is 1. The van der Waals surface area contributed by atoms with E-state index in [4.69, 9.17) is 0 Å². The minimum absolute atomic E-state index is 0.157. The van der Waals surface area contributed by atoms with Crippen LogP contribution in [-0.2, 0) is 5.75 Å². The molecule has 5 heteroatoms. The minimum atomic E-state index is -0.373. The number of rotatable bonds is 6. The van der Waals surface area contributed by atoms with E-state index < -0.39 is 0 Å². The monoisotopic (exact) mass is 289 g/mol. The van der Waals surface area contributed by atoms with Crippen LogP contribution in [-0.4, -0.2) is 16.0 Å². The number of nitrogens with zero attached hydrogens (tertiary/aromatic N) is 1. The Hall–Kier alpha value is -0.550. The van der Waals surface area contributed by atoms with E-state index in [1.54, 1.807) is 12.1 Å². The van der Waals surface area contributed by atoms with Gasteiger partial charge in [0.05, 0.1) is 4.92 Å². The van der Waals surface area contributed by atoms with Gasteiger partial charge < -0.3 is 0 Å². The first-order chi connectivity index (χ1) is 7.24. The molecule has 0 spiro atoms. The van der Waals surface area contributed by atoms with E-state index in [0.717, 1.165) is 28.8 Å². The molecule has 15 heavy (non-hydrogen) atoms. The van der Waals surface area contributed by atoms with Gasteiger partial charge in [0, 0.05) is 23.2 Å². The summed E-state index contributed by atoms with van der Waals surface area (Å²) >= 11 is 5.22. The number of non-ortho nitro benzene ring substituents is 1. The molecular weight excluding hydrogens is 278 g/mol. The van der Waals surface area contributed by atoms with Gasteiger partial charge in [-0.3, -0.25) is 10.1 Å². The molecule has 0 atom stereocenters. The minimum Gasteiger partial charge on any atom is -0.258 e. The lowest BCUT2D eigenvalue weighted by molar-refractivity contribution is -0.384. The van der Waals surface area contributed by atoms with E-state index in [1.165, 1.54) is 0 Å². The zero-order chi connectivity index (χ0) is 11.1. The highest BCUT2D eigenvalue weighted by Crippen LogP contribution is 2.17. The van der Waals surface area contributed by atoms with Crippen LogP contribution in [0.2, 0.25) is 0 Å². The maximum absolute atomic E-state index is 10.4. The second-order valence-electron chi connectivity index (χ2n) is 3.02. The van der Waals surface area contributed by atoms with Gasteiger partial charge in [0.1, 0.15) is 0 Å². The zero-order valence-corrected chi connectivity index (χ0v) is 10.6. The molecule has 0 saturated carbocycles. The largest absolute Gasteiger partial charge is 0.269 e. The second-order valence-corrected chi connectivity index (χ2v) is 4.92. The Morgan fingerprint density at radius 1 is 1.33 bits per heavy atom. The second kappa shape index (κ2) is 6.85. The Bertz CT molecular complexity index is 316. The molecule has 0 bridgehead atoms. The standard InChI is InChI=1S/C10H12BrNO2S/c11-6-1-7-15-8-9-2-4-10(5-3-9)12(13)14/h2-5H,1,6-8H2. The molecule has 1 aromatic carbocycles. The first kappa shape index (κ1) is 12.5. The summed E-state index contributed by atoms with van der Waals surface area (Å²) in [4.78, 5) is 10.0. The van der Waals surface area contributed by atoms with Gasteiger partial charge in [-0.2, -0.15) is 11.8 Å². The van der Waals surface area contributed by atoms with Crippen LogP contribution in [0.4, 0.5) is 5.69 Å². The lowest BCUT2D eigenvalue weighted by Crippen LogP contribution is -1.89. The van der Waals surface area contributed by atoms with Crippen molar-refractivity contribution in [1.82, 2.24) is 0 Å². The van der Waals surface area contributed by atoms with Gasteiger partial charge in [-0.1, -0.05) is 28.1 Å². The number of hydrogen-bond acceptors (Lipinski definition) is 3. The van der Waals surface area contributed by atoms with Gasteiger partial charge in [-0.15, -0.1) is 0 Å². The molecule has 3 nitrogen and oxygen atoms in total. The van der Waals surface area contributed by atoms with E-state index in [0.29, 0.717) is 0 Å². The summed E-state index contributed by atoms with van der Waals surface area (Å²) in [5.41, 5.74) is 1.30. The van der Waals surface area contributed by atoms with Gasteiger partial charge >= 0.3 is 0 Å². The van der Waals surface area contributed by atoms with Crippen LogP contribution >= 0.6 is 27.7 Å². The van der Waals surface area contributed by atoms with Crippen molar-refractivity contribution in [2.75, 3.05) is 11.1 Å². The number of alkyl halides is 1. The smallest absolute Gasteiger partial charge is 0.258 e. The summed E-state index contributed by atoms with van der Waals surface area (Å²) in [5.74, 6) is 2.03. The van der Waals surface area contributed by atoms with Crippen LogP contribution in [0.25, 0.3) is 0 Å². The molecule has 0 aliphatic heterocycles. The molecular formula is C10H12BrNO2S. The molecule has 0 amide bonds. The van der Waals surface area contributed by atoms with E-state index in [9.17, 15) is 10.1 Å². The van der Waals surface area contributed by atoms with Crippen molar-refractivity contribution in [3.63, 3.8) is 0 Å². The topological polar surface area (TPSA) is 43.1 Å². The Morgan fingerprint density at radius 3 is 2.53 bits per heavy atom. The molecule has 0 N–H and O–H groups in total. The van der Waals surface area contributed by atoms with Crippen molar-refractivity contribution < 1.29 is 4.92 Å². The van der Waals surface area contributed by atoms with Gasteiger partial charge in [0.15, 0.2) is 0 Å². The first-order valence-corrected chi connectivity index (χ1v) is 6.88. The fourth-order valence-corrected chi connectivity index (χ4v) is 2.63. The van der Waals surface area contributed by atoms with Crippen molar-refractivity contribution in [1.29, 1.82) is 0 Å². The van der Waals surface area contributed by atoms with Crippen molar-refractivity contribution in [3.05, 3.63) is 39.9 Å². The molecule has 0 aliphatic carbocycles. The number of hydrogen-bond donors (Lipinski definition) is 0. The van der Waals surface area contributed by atoms with E-state index >= 15 is 0 Å². The predicted molar refractivity (Wildman–Crippen MR) is 67.7 cm³/mol. The Labute approximate surface area is 102 Å². The normalized spacial score (nSPS) is 10.2. The Kier molecular flexibility index (Phi) is 5.71. The SMILES string of the molecule is O=[N+]([O-])c1ccc(CSCCCBr)cc1. The highest BCUT2D eigenvalue weighted by molar-refractivity contribution is 9.09. The summed E-state index contributed by atoms with van der Waals surface area (Å²) in [7, 11) is 0. The van der Waals surface area contributed by atoms with Gasteiger partial charge in [-0.05, 0) is 17.7 Å². The van der Waals surface area contributed by atoms with Crippen LogP contribution in [0.1, 0.15) is 12.0 Å². The quantitative estimate of drug-likeness (QED) is 0.348. The van der Waals surface area contributed by atoms with Gasteiger partial charge in [0.2, 0.25) is 0 Å². The Morgan fingerprint density at radius 2 is 2.00 bits per heavy atom. The highest BCUT2D eigenvalue weighted by Gasteiger charge is 2.03. The lowest BCUT2D eigenvalue weighted by Gasteiger charge is -2.00. The average molecular weight is 290 g/mol. The highest BCUT2D eigenvalue weighted by atomic mass is 79.9. The van der Waals surface area contributed by atoms with Gasteiger partial charge in [-0.25, -0.2) is 0 Å². The molecule has 0 aromatic heterocycles. The molecule has 1 aromatic rings. The predicted octanol–water partition coefficient (Wildman–Crippen LogP) is 3.61. The lowest BCUT2D eigenvalue weighted by atomic mass is 10.2. The molecule has 0 saturated heterocycles. The third-order valence-corrected chi connectivity index (χ3v) is 3.51. The summed E-state index contributed by atoms with van der Waals surface area (Å²) < 4.78 is 0. The molecule has 0 unspecified atom stereocenters. The van der Waals surface area contributed by atoms with Crippen LogP contribution < -0.4 is 0 Å². The fraction of sp³-hybridized carbons (Fsp3) is 0.400. The number of thioether (sulfide) groups is 1. The maximum Gasteiger partial charge on any atom is 0.269 e. The first-order valence-electron chi connectivity index (χ1n) is 4.61. The molecule has 1 rings (SSSR count). The van der Waals surface area contributed by atoms with Crippen molar-refractivity contribution >= 4 is 33.4 Å². The van der Waals surface area contributed by atoms with Crippen LogP contribution in [0.5, 0.6) is 0 Å². The number of halogens is 1. The molecule has 0 aliphatic rings.